The van der Waals surface area contributed by atoms with E-state index in [0.717, 1.165) is 12.0 Å². The van der Waals surface area contributed by atoms with Crippen LogP contribution in [0.4, 0.5) is 10.5 Å². The lowest BCUT2D eigenvalue weighted by atomic mass is 10.2. The van der Waals surface area contributed by atoms with Gasteiger partial charge in [0.05, 0.1) is 4.92 Å². The van der Waals surface area contributed by atoms with Gasteiger partial charge in [-0.1, -0.05) is 12.2 Å². The first-order valence-electron chi connectivity index (χ1n) is 5.97. The molecule has 0 saturated heterocycles. The molecule has 1 heterocycles. The Bertz CT molecular complexity index is 496. The number of carbonyl (C=O) groups excluding carboxylic acids is 1. The van der Waals surface area contributed by atoms with Crippen LogP contribution in [0.1, 0.15) is 12.0 Å². The van der Waals surface area contributed by atoms with Gasteiger partial charge in [0.15, 0.2) is 0 Å². The molecule has 0 unspecified atom stereocenters. The fourth-order valence-electron chi connectivity index (χ4n) is 1.76. The molecule has 1 aliphatic heterocycles. The molecule has 0 aliphatic carbocycles. The van der Waals surface area contributed by atoms with Crippen LogP contribution in [0, 0.1) is 10.1 Å². The number of amides is 1. The summed E-state index contributed by atoms with van der Waals surface area (Å²) in [6.45, 7) is 1.35. The minimum Gasteiger partial charge on any atom is -0.445 e. The Labute approximate surface area is 110 Å². The van der Waals surface area contributed by atoms with Crippen molar-refractivity contribution in [2.24, 2.45) is 0 Å². The van der Waals surface area contributed by atoms with E-state index in [1.165, 1.54) is 12.1 Å². The molecule has 2 rings (SSSR count). The number of nitrogens with zero attached hydrogens (tertiary/aromatic N) is 2. The Balaban J connectivity index is 1.86. The highest BCUT2D eigenvalue weighted by Gasteiger charge is 2.15. The molecule has 0 atom stereocenters. The summed E-state index contributed by atoms with van der Waals surface area (Å²) >= 11 is 0. The fourth-order valence-corrected chi connectivity index (χ4v) is 1.76. The summed E-state index contributed by atoms with van der Waals surface area (Å²) in [6.07, 6.45) is 4.44. The molecular weight excluding hydrogens is 248 g/mol. The summed E-state index contributed by atoms with van der Waals surface area (Å²) in [5, 5.41) is 10.5. The SMILES string of the molecule is O=C(OCc1ccc([N+](=O)[O-])cc1)N1CC=CCC1. The zero-order valence-electron chi connectivity index (χ0n) is 10.3. The van der Waals surface area contributed by atoms with Crippen LogP contribution in [0.25, 0.3) is 0 Å². The third-order valence-corrected chi connectivity index (χ3v) is 2.83. The second-order valence-electron chi connectivity index (χ2n) is 4.18. The van der Waals surface area contributed by atoms with Crippen LogP contribution >= 0.6 is 0 Å². The minimum absolute atomic E-state index is 0.0243. The molecule has 19 heavy (non-hydrogen) atoms. The minimum atomic E-state index is -0.462. The van der Waals surface area contributed by atoms with Crippen LogP contribution in [-0.4, -0.2) is 29.0 Å². The predicted molar refractivity (Wildman–Crippen MR) is 68.6 cm³/mol. The molecule has 100 valence electrons. The van der Waals surface area contributed by atoms with Crippen molar-refractivity contribution in [3.63, 3.8) is 0 Å². The number of benzene rings is 1. The van der Waals surface area contributed by atoms with Gasteiger partial charge < -0.3 is 9.64 Å². The Hall–Kier alpha value is -2.37. The van der Waals surface area contributed by atoms with E-state index in [2.05, 4.69) is 0 Å². The van der Waals surface area contributed by atoms with Crippen molar-refractivity contribution in [2.45, 2.75) is 13.0 Å². The van der Waals surface area contributed by atoms with Crippen LogP contribution in [-0.2, 0) is 11.3 Å². The molecule has 1 aromatic carbocycles. The van der Waals surface area contributed by atoms with Gasteiger partial charge in [-0.05, 0) is 24.1 Å². The molecule has 6 nitrogen and oxygen atoms in total. The number of carbonyl (C=O) groups is 1. The maximum Gasteiger partial charge on any atom is 0.410 e. The first-order valence-corrected chi connectivity index (χ1v) is 5.97. The van der Waals surface area contributed by atoms with Gasteiger partial charge in [0.25, 0.3) is 5.69 Å². The van der Waals surface area contributed by atoms with Crippen molar-refractivity contribution in [3.8, 4) is 0 Å². The number of non-ortho nitro benzene ring substituents is 1. The molecule has 1 amide bonds. The van der Waals surface area contributed by atoms with Gasteiger partial charge in [0, 0.05) is 25.2 Å². The molecule has 0 fully saturated rings. The standard InChI is InChI=1S/C13H14N2O4/c16-13(14-8-2-1-3-9-14)19-10-11-4-6-12(7-5-11)15(17)18/h1-2,4-7H,3,8-10H2. The first kappa shape index (κ1) is 13.1. The van der Waals surface area contributed by atoms with Crippen LogP contribution in [0.3, 0.4) is 0 Å². The quantitative estimate of drug-likeness (QED) is 0.476. The van der Waals surface area contributed by atoms with Gasteiger partial charge >= 0.3 is 6.09 Å². The Morgan fingerprint density at radius 2 is 2.05 bits per heavy atom. The Kier molecular flexibility index (Phi) is 4.12. The average molecular weight is 262 g/mol. The fraction of sp³-hybridized carbons (Fsp3) is 0.308. The van der Waals surface area contributed by atoms with E-state index in [-0.39, 0.29) is 18.4 Å². The number of nitro groups is 1. The lowest BCUT2D eigenvalue weighted by molar-refractivity contribution is -0.384. The summed E-state index contributed by atoms with van der Waals surface area (Å²) in [5.41, 5.74) is 0.753. The highest BCUT2D eigenvalue weighted by Crippen LogP contribution is 2.13. The molecular formula is C13H14N2O4. The topological polar surface area (TPSA) is 72.7 Å². The van der Waals surface area contributed by atoms with Crippen molar-refractivity contribution in [3.05, 3.63) is 52.1 Å². The van der Waals surface area contributed by atoms with Gasteiger partial charge in [-0.25, -0.2) is 4.79 Å². The van der Waals surface area contributed by atoms with Gasteiger partial charge in [-0.15, -0.1) is 0 Å². The van der Waals surface area contributed by atoms with E-state index in [0.29, 0.717) is 13.1 Å². The first-order chi connectivity index (χ1) is 9.16. The number of ether oxygens (including phenoxy) is 1. The van der Waals surface area contributed by atoms with Crippen LogP contribution in [0.15, 0.2) is 36.4 Å². The lowest BCUT2D eigenvalue weighted by Gasteiger charge is -2.22. The van der Waals surface area contributed by atoms with Crippen LogP contribution in [0.5, 0.6) is 0 Å². The highest BCUT2D eigenvalue weighted by molar-refractivity contribution is 5.68. The molecule has 0 saturated carbocycles. The summed E-state index contributed by atoms with van der Waals surface area (Å²) in [4.78, 5) is 23.4. The number of hydrogen-bond acceptors (Lipinski definition) is 4. The molecule has 0 radical (unpaired) electrons. The van der Waals surface area contributed by atoms with E-state index in [4.69, 9.17) is 4.74 Å². The normalized spacial score (nSPS) is 14.2. The largest absolute Gasteiger partial charge is 0.445 e. The van der Waals surface area contributed by atoms with Crippen molar-refractivity contribution in [1.82, 2.24) is 4.90 Å². The zero-order chi connectivity index (χ0) is 13.7. The van der Waals surface area contributed by atoms with E-state index < -0.39 is 4.92 Å². The second kappa shape index (κ2) is 5.99. The summed E-state index contributed by atoms with van der Waals surface area (Å²) in [5.74, 6) is 0. The third kappa shape index (κ3) is 3.54. The monoisotopic (exact) mass is 262 g/mol. The van der Waals surface area contributed by atoms with Crippen LogP contribution < -0.4 is 0 Å². The average Bonchev–Trinajstić information content (AvgIpc) is 2.46. The summed E-state index contributed by atoms with van der Waals surface area (Å²) in [7, 11) is 0. The number of hydrogen-bond donors (Lipinski definition) is 0. The molecule has 0 N–H and O–H groups in total. The van der Waals surface area contributed by atoms with E-state index >= 15 is 0 Å². The molecule has 0 aromatic heterocycles. The van der Waals surface area contributed by atoms with Gasteiger partial charge in [-0.3, -0.25) is 10.1 Å². The predicted octanol–water partition coefficient (Wildman–Crippen LogP) is 2.49. The maximum absolute atomic E-state index is 11.7. The molecule has 0 spiro atoms. The molecule has 1 aliphatic rings. The summed E-state index contributed by atoms with van der Waals surface area (Å²) in [6, 6.07) is 5.96. The number of rotatable bonds is 3. The summed E-state index contributed by atoms with van der Waals surface area (Å²) < 4.78 is 5.15. The third-order valence-electron chi connectivity index (χ3n) is 2.83. The number of nitro benzene ring substituents is 1. The van der Waals surface area contributed by atoms with Crippen molar-refractivity contribution in [1.29, 1.82) is 0 Å². The Morgan fingerprint density at radius 3 is 2.63 bits per heavy atom. The van der Waals surface area contributed by atoms with E-state index in [1.54, 1.807) is 17.0 Å². The Morgan fingerprint density at radius 1 is 1.32 bits per heavy atom. The van der Waals surface area contributed by atoms with Gasteiger partial charge in [0.2, 0.25) is 0 Å². The highest BCUT2D eigenvalue weighted by atomic mass is 16.6. The van der Waals surface area contributed by atoms with Gasteiger partial charge in [-0.2, -0.15) is 0 Å². The van der Waals surface area contributed by atoms with Crippen molar-refractivity contribution >= 4 is 11.8 Å². The smallest absolute Gasteiger partial charge is 0.410 e. The second-order valence-corrected chi connectivity index (χ2v) is 4.18. The van der Waals surface area contributed by atoms with Gasteiger partial charge in [0.1, 0.15) is 6.61 Å². The lowest BCUT2D eigenvalue weighted by Crippen LogP contribution is -2.34. The molecule has 0 bridgehead atoms. The van der Waals surface area contributed by atoms with E-state index in [1.807, 2.05) is 12.2 Å². The van der Waals surface area contributed by atoms with Crippen LogP contribution in [0.2, 0.25) is 0 Å². The molecule has 6 heteroatoms. The molecule has 1 aromatic rings. The van der Waals surface area contributed by atoms with Crippen molar-refractivity contribution in [2.75, 3.05) is 13.1 Å². The van der Waals surface area contributed by atoms with E-state index in [9.17, 15) is 14.9 Å². The maximum atomic E-state index is 11.7. The van der Waals surface area contributed by atoms with Crippen molar-refractivity contribution < 1.29 is 14.5 Å². The zero-order valence-corrected chi connectivity index (χ0v) is 10.3.